The Morgan fingerprint density at radius 3 is 2.56 bits per heavy atom. The number of ketones is 1. The molecule has 7 heteroatoms. The number of carbonyl (C=O) groups excluding carboxylic acids is 1. The van der Waals surface area contributed by atoms with Crippen molar-refractivity contribution in [3.63, 3.8) is 0 Å². The highest BCUT2D eigenvalue weighted by Crippen LogP contribution is 2.24. The number of carbonyl (C=O) groups is 1. The monoisotopic (exact) mass is 495 g/mol. The van der Waals surface area contributed by atoms with Crippen LogP contribution in [-0.4, -0.2) is 12.9 Å². The molecule has 162 valence electrons. The molecule has 5 nitrogen and oxygen atoms in total. The number of methoxy groups -OCH3 is 1. The number of aromatic nitrogens is 1. The fourth-order valence-corrected chi connectivity index (χ4v) is 3.22. The molecule has 0 spiro atoms. The van der Waals surface area contributed by atoms with Gasteiger partial charge in [-0.05, 0) is 35.9 Å². The second-order valence-corrected chi connectivity index (χ2v) is 6.92. The average Bonchev–Trinajstić information content (AvgIpc) is 2.79. The van der Waals surface area contributed by atoms with E-state index in [1.54, 1.807) is 67.0 Å². The maximum atomic E-state index is 13.8. The fraction of sp³-hybridized carbons (Fsp3) is 0.0800. The SMILES string of the molecule is COc1cccc2cc(C(=O)/C=C/c3cc[n+](Cc4ccccc4F)cc3)c(=O)oc12.[Br-]. The molecule has 2 heterocycles. The van der Waals surface area contributed by atoms with Crippen LogP contribution in [0.25, 0.3) is 17.0 Å². The highest BCUT2D eigenvalue weighted by atomic mass is 79.9. The highest BCUT2D eigenvalue weighted by Gasteiger charge is 2.14. The minimum absolute atomic E-state index is 0. The number of rotatable bonds is 6. The summed E-state index contributed by atoms with van der Waals surface area (Å²) < 4.78 is 26.1. The van der Waals surface area contributed by atoms with Crippen LogP contribution in [0.5, 0.6) is 5.75 Å². The van der Waals surface area contributed by atoms with Crippen molar-refractivity contribution >= 4 is 22.8 Å². The van der Waals surface area contributed by atoms with Gasteiger partial charge in [-0.1, -0.05) is 30.3 Å². The zero-order valence-electron chi connectivity index (χ0n) is 17.1. The van der Waals surface area contributed by atoms with Crippen LogP contribution in [0.3, 0.4) is 0 Å². The molecule has 32 heavy (non-hydrogen) atoms. The summed E-state index contributed by atoms with van der Waals surface area (Å²) in [5.41, 5.74) is 0.888. The summed E-state index contributed by atoms with van der Waals surface area (Å²) in [6, 6.07) is 16.9. The van der Waals surface area contributed by atoms with Crippen molar-refractivity contribution in [2.24, 2.45) is 0 Å². The number of allylic oxidation sites excluding steroid dienone is 1. The number of benzene rings is 2. The summed E-state index contributed by atoms with van der Waals surface area (Å²) in [5, 5.41) is 0.601. The minimum atomic E-state index is -0.720. The van der Waals surface area contributed by atoms with Gasteiger partial charge >= 0.3 is 5.63 Å². The van der Waals surface area contributed by atoms with Gasteiger partial charge in [-0.25, -0.2) is 13.8 Å². The zero-order valence-corrected chi connectivity index (χ0v) is 18.7. The normalized spacial score (nSPS) is 10.8. The van der Waals surface area contributed by atoms with E-state index in [0.29, 0.717) is 28.8 Å². The number of hydrogen-bond donors (Lipinski definition) is 0. The van der Waals surface area contributed by atoms with Crippen molar-refractivity contribution in [2.45, 2.75) is 6.54 Å². The van der Waals surface area contributed by atoms with Gasteiger partial charge in [0.1, 0.15) is 11.4 Å². The van der Waals surface area contributed by atoms with Gasteiger partial charge in [0.25, 0.3) is 0 Å². The summed E-state index contributed by atoms with van der Waals surface area (Å²) in [6.45, 7) is 0.400. The number of fused-ring (bicyclic) bond motifs is 1. The van der Waals surface area contributed by atoms with Crippen LogP contribution in [0.4, 0.5) is 4.39 Å². The standard InChI is InChI=1S/C25H19FNO4.BrH/c1-30-23-8-4-6-18-15-20(25(29)31-24(18)23)22(28)10-9-17-11-13-27(14-12-17)16-19-5-2-3-7-21(19)26;/h2-15H,16H2,1H3;1H/q+1;/p-1/b10-9+;. The predicted octanol–water partition coefficient (Wildman–Crippen LogP) is 1.18. The van der Waals surface area contributed by atoms with Crippen LogP contribution in [-0.2, 0) is 6.54 Å². The first-order valence-corrected chi connectivity index (χ1v) is 9.61. The largest absolute Gasteiger partial charge is 1.00 e. The molecule has 2 aromatic heterocycles. The Bertz CT molecular complexity index is 1350. The van der Waals surface area contributed by atoms with Gasteiger partial charge in [0, 0.05) is 17.5 Å². The van der Waals surface area contributed by atoms with Gasteiger partial charge in [0.05, 0.1) is 12.7 Å². The Hall–Kier alpha value is -3.58. The molecule has 0 aliphatic heterocycles. The molecule has 0 amide bonds. The van der Waals surface area contributed by atoms with Crippen LogP contribution in [0.15, 0.2) is 88.3 Å². The Labute approximate surface area is 194 Å². The number of halogens is 2. The number of pyridine rings is 1. The van der Waals surface area contributed by atoms with Gasteiger partial charge in [0.15, 0.2) is 36.1 Å². The fourth-order valence-electron chi connectivity index (χ4n) is 3.22. The van der Waals surface area contributed by atoms with Gasteiger partial charge in [-0.2, -0.15) is 0 Å². The molecule has 0 fully saturated rings. The van der Waals surface area contributed by atoms with Gasteiger partial charge in [-0.15, -0.1) is 0 Å². The third kappa shape index (κ3) is 5.00. The van der Waals surface area contributed by atoms with E-state index in [0.717, 1.165) is 5.56 Å². The second kappa shape index (κ2) is 10.2. The van der Waals surface area contributed by atoms with E-state index in [4.69, 9.17) is 9.15 Å². The van der Waals surface area contributed by atoms with Crippen molar-refractivity contribution in [1.29, 1.82) is 0 Å². The Morgan fingerprint density at radius 2 is 1.84 bits per heavy atom. The second-order valence-electron chi connectivity index (χ2n) is 6.92. The first-order chi connectivity index (χ1) is 15.0. The third-order valence-electron chi connectivity index (χ3n) is 4.86. The number of para-hydroxylation sites is 1. The lowest BCUT2D eigenvalue weighted by molar-refractivity contribution is -0.688. The van der Waals surface area contributed by atoms with Crippen molar-refractivity contribution in [3.8, 4) is 5.75 Å². The molecule has 0 aliphatic carbocycles. The Kier molecular flexibility index (Phi) is 7.33. The quantitative estimate of drug-likeness (QED) is 0.174. The molecular weight excluding hydrogens is 477 g/mol. The van der Waals surface area contributed by atoms with E-state index >= 15 is 0 Å². The molecular formula is C25H19BrFNO4. The maximum absolute atomic E-state index is 13.8. The molecule has 0 bridgehead atoms. The lowest BCUT2D eigenvalue weighted by Crippen LogP contribution is -3.00. The van der Waals surface area contributed by atoms with E-state index in [2.05, 4.69) is 0 Å². The van der Waals surface area contributed by atoms with Gasteiger partial charge in [0.2, 0.25) is 0 Å². The zero-order chi connectivity index (χ0) is 21.8. The smallest absolute Gasteiger partial charge is 0.347 e. The van der Waals surface area contributed by atoms with Crippen LogP contribution in [0.2, 0.25) is 0 Å². The van der Waals surface area contributed by atoms with E-state index in [9.17, 15) is 14.0 Å². The van der Waals surface area contributed by atoms with E-state index in [1.165, 1.54) is 25.3 Å². The van der Waals surface area contributed by atoms with Crippen molar-refractivity contribution in [1.82, 2.24) is 0 Å². The Morgan fingerprint density at radius 1 is 1.09 bits per heavy atom. The van der Waals surface area contributed by atoms with Crippen LogP contribution < -0.4 is 31.9 Å². The highest BCUT2D eigenvalue weighted by molar-refractivity contribution is 6.08. The topological polar surface area (TPSA) is 60.4 Å². The summed E-state index contributed by atoms with van der Waals surface area (Å²) in [6.07, 6.45) is 6.54. The molecule has 0 saturated carbocycles. The number of nitrogens with zero attached hydrogens (tertiary/aromatic N) is 1. The molecule has 0 atom stereocenters. The molecule has 4 aromatic rings. The third-order valence-corrected chi connectivity index (χ3v) is 4.86. The van der Waals surface area contributed by atoms with E-state index < -0.39 is 11.4 Å². The van der Waals surface area contributed by atoms with Gasteiger partial charge < -0.3 is 26.1 Å². The predicted molar refractivity (Wildman–Crippen MR) is 115 cm³/mol. The lowest BCUT2D eigenvalue weighted by atomic mass is 10.1. The Balaban J connectivity index is 0.00000289. The van der Waals surface area contributed by atoms with Gasteiger partial charge in [-0.3, -0.25) is 4.79 Å². The van der Waals surface area contributed by atoms with Crippen molar-refractivity contribution < 1.29 is 39.9 Å². The summed E-state index contributed by atoms with van der Waals surface area (Å²) in [4.78, 5) is 24.8. The van der Waals surface area contributed by atoms with E-state index in [-0.39, 0.29) is 28.4 Å². The molecule has 0 unspecified atom stereocenters. The molecule has 2 aromatic carbocycles. The van der Waals surface area contributed by atoms with Crippen LogP contribution in [0, 0.1) is 5.82 Å². The molecule has 0 radical (unpaired) electrons. The van der Waals surface area contributed by atoms with Crippen LogP contribution in [0.1, 0.15) is 21.5 Å². The first-order valence-electron chi connectivity index (χ1n) is 9.61. The first kappa shape index (κ1) is 23.1. The maximum Gasteiger partial charge on any atom is 0.347 e. The molecule has 0 saturated heterocycles. The summed E-state index contributed by atoms with van der Waals surface area (Å²) >= 11 is 0. The minimum Gasteiger partial charge on any atom is -1.00 e. The molecule has 0 N–H and O–H groups in total. The molecule has 4 rings (SSSR count). The van der Waals surface area contributed by atoms with Crippen molar-refractivity contribution in [2.75, 3.05) is 7.11 Å². The van der Waals surface area contributed by atoms with E-state index in [1.807, 2.05) is 4.57 Å². The van der Waals surface area contributed by atoms with Crippen molar-refractivity contribution in [3.05, 3.63) is 112 Å². The number of ether oxygens (including phenoxy) is 1. The summed E-state index contributed by atoms with van der Waals surface area (Å²) in [7, 11) is 1.48. The molecule has 0 aliphatic rings. The lowest BCUT2D eigenvalue weighted by Gasteiger charge is -2.04. The van der Waals surface area contributed by atoms with Crippen LogP contribution >= 0.6 is 0 Å². The number of hydrogen-bond acceptors (Lipinski definition) is 4. The average molecular weight is 496 g/mol. The summed E-state index contributed by atoms with van der Waals surface area (Å²) in [5.74, 6) is -0.282.